The summed E-state index contributed by atoms with van der Waals surface area (Å²) in [5, 5.41) is 12.5. The smallest absolute Gasteiger partial charge is 0.329 e. The van der Waals surface area contributed by atoms with Crippen molar-refractivity contribution < 1.29 is 32.3 Å². The molecular formula is C12H12F4N2O3. The van der Waals surface area contributed by atoms with E-state index in [1.165, 1.54) is 6.92 Å². The predicted molar refractivity (Wildman–Crippen MR) is 64.8 cm³/mol. The predicted octanol–water partition coefficient (Wildman–Crippen LogP) is 2.62. The molecule has 0 aromatic heterocycles. The van der Waals surface area contributed by atoms with Crippen LogP contribution in [-0.2, 0) is 4.79 Å². The third kappa shape index (κ3) is 3.41. The Kier molecular flexibility index (Phi) is 4.77. The minimum absolute atomic E-state index is 0.0127. The molecule has 0 fully saturated rings. The zero-order valence-corrected chi connectivity index (χ0v) is 11.1. The van der Waals surface area contributed by atoms with E-state index < -0.39 is 46.5 Å². The van der Waals surface area contributed by atoms with Gasteiger partial charge in [-0.25, -0.2) is 27.2 Å². The Bertz CT molecular complexity index is 568. The van der Waals surface area contributed by atoms with E-state index in [1.54, 1.807) is 5.32 Å². The van der Waals surface area contributed by atoms with Crippen LogP contribution in [0.5, 0.6) is 0 Å². The molecule has 5 nitrogen and oxygen atoms in total. The van der Waals surface area contributed by atoms with E-state index >= 15 is 0 Å². The lowest BCUT2D eigenvalue weighted by Gasteiger charge is -2.24. The highest BCUT2D eigenvalue weighted by molar-refractivity contribution is 5.93. The number of amides is 2. The summed E-state index contributed by atoms with van der Waals surface area (Å²) in [6, 6.07) is -1.33. The van der Waals surface area contributed by atoms with Crippen LogP contribution in [0.4, 0.5) is 28.0 Å². The van der Waals surface area contributed by atoms with Crippen LogP contribution in [0.1, 0.15) is 20.3 Å². The molecular weight excluding hydrogens is 296 g/mol. The number of carbonyl (C=O) groups is 2. The van der Waals surface area contributed by atoms with Gasteiger partial charge in [-0.1, -0.05) is 6.92 Å². The third-order valence-corrected chi connectivity index (χ3v) is 2.92. The lowest BCUT2D eigenvalue weighted by Crippen LogP contribution is -2.53. The number of urea groups is 1. The molecule has 0 bridgehead atoms. The molecule has 21 heavy (non-hydrogen) atoms. The molecule has 0 radical (unpaired) electrons. The second kappa shape index (κ2) is 5.98. The maximum atomic E-state index is 13.3. The van der Waals surface area contributed by atoms with Crippen molar-refractivity contribution >= 4 is 17.7 Å². The van der Waals surface area contributed by atoms with Gasteiger partial charge in [0.2, 0.25) is 0 Å². The molecule has 0 heterocycles. The molecule has 3 N–H and O–H groups in total. The van der Waals surface area contributed by atoms with E-state index in [-0.39, 0.29) is 12.5 Å². The number of benzene rings is 1. The Morgan fingerprint density at radius 1 is 1.19 bits per heavy atom. The van der Waals surface area contributed by atoms with Gasteiger partial charge in [-0.2, -0.15) is 0 Å². The lowest BCUT2D eigenvalue weighted by molar-refractivity contribution is -0.143. The fourth-order valence-electron chi connectivity index (χ4n) is 1.37. The minimum Gasteiger partial charge on any atom is -0.480 e. The topological polar surface area (TPSA) is 78.4 Å². The zero-order chi connectivity index (χ0) is 16.4. The van der Waals surface area contributed by atoms with E-state index in [2.05, 4.69) is 0 Å². The number of aliphatic carboxylic acids is 1. The molecule has 9 heteroatoms. The molecule has 2 amide bonds. The monoisotopic (exact) mass is 308 g/mol. The van der Waals surface area contributed by atoms with Crippen molar-refractivity contribution in [3.63, 3.8) is 0 Å². The highest BCUT2D eigenvalue weighted by Gasteiger charge is 2.33. The quantitative estimate of drug-likeness (QED) is 0.591. The number of hydrogen-bond acceptors (Lipinski definition) is 2. The highest BCUT2D eigenvalue weighted by Crippen LogP contribution is 2.24. The van der Waals surface area contributed by atoms with E-state index in [9.17, 15) is 27.2 Å². The van der Waals surface area contributed by atoms with Gasteiger partial charge in [-0.15, -0.1) is 0 Å². The van der Waals surface area contributed by atoms with Crippen LogP contribution in [-0.4, -0.2) is 22.6 Å². The molecule has 0 saturated carbocycles. The number of nitrogens with one attached hydrogen (secondary N) is 2. The molecule has 0 aliphatic carbocycles. The fraction of sp³-hybridized carbons (Fsp3) is 0.333. The number of anilines is 1. The number of hydrogen-bond donors (Lipinski definition) is 3. The Hall–Kier alpha value is -2.32. The van der Waals surface area contributed by atoms with Gasteiger partial charge in [0.1, 0.15) is 11.2 Å². The Labute approximate surface area is 117 Å². The SMILES string of the molecule is CCC(C)(NC(=O)Nc1c(F)c(F)cc(F)c1F)C(=O)O. The number of carboxylic acid groups (broad SMARTS) is 1. The zero-order valence-electron chi connectivity index (χ0n) is 11.1. The van der Waals surface area contributed by atoms with Crippen LogP contribution in [0.25, 0.3) is 0 Å². The summed E-state index contributed by atoms with van der Waals surface area (Å²) in [6.45, 7) is 2.62. The maximum absolute atomic E-state index is 13.3. The molecule has 0 aliphatic rings. The first-order valence-corrected chi connectivity index (χ1v) is 5.78. The van der Waals surface area contributed by atoms with Crippen molar-refractivity contribution in [1.29, 1.82) is 0 Å². The standard InChI is InChI=1S/C12H12F4N2O3/c1-3-12(2,10(19)20)18-11(21)17-9-7(15)5(13)4-6(14)8(9)16/h4H,3H2,1-2H3,(H,19,20)(H2,17,18,21). The number of halogens is 4. The van der Waals surface area contributed by atoms with Crippen molar-refractivity contribution in [2.24, 2.45) is 0 Å². The normalized spacial score (nSPS) is 13.4. The van der Waals surface area contributed by atoms with Crippen LogP contribution >= 0.6 is 0 Å². The Morgan fingerprint density at radius 3 is 2.05 bits per heavy atom. The summed E-state index contributed by atoms with van der Waals surface area (Å²) in [7, 11) is 0. The molecule has 0 spiro atoms. The summed E-state index contributed by atoms with van der Waals surface area (Å²) in [6.07, 6.45) is -0.0295. The molecule has 1 atom stereocenters. The van der Waals surface area contributed by atoms with Crippen LogP contribution in [0.15, 0.2) is 6.07 Å². The van der Waals surface area contributed by atoms with Crippen LogP contribution in [0.2, 0.25) is 0 Å². The minimum atomic E-state index is -1.79. The summed E-state index contributed by atoms with van der Waals surface area (Å²) in [5.74, 6) is -8.36. The molecule has 0 saturated heterocycles. The van der Waals surface area contributed by atoms with Crippen LogP contribution < -0.4 is 10.6 Å². The van der Waals surface area contributed by atoms with Gasteiger partial charge < -0.3 is 15.7 Å². The first kappa shape index (κ1) is 16.7. The van der Waals surface area contributed by atoms with Gasteiger partial charge in [0.05, 0.1) is 0 Å². The van der Waals surface area contributed by atoms with E-state index in [0.717, 1.165) is 6.92 Å². The average Bonchev–Trinajstić information content (AvgIpc) is 2.41. The van der Waals surface area contributed by atoms with Crippen molar-refractivity contribution in [3.05, 3.63) is 29.3 Å². The first-order chi connectivity index (χ1) is 9.62. The third-order valence-electron chi connectivity index (χ3n) is 2.92. The summed E-state index contributed by atoms with van der Waals surface area (Å²) in [5.41, 5.74) is -3.04. The molecule has 1 unspecified atom stereocenters. The first-order valence-electron chi connectivity index (χ1n) is 5.78. The van der Waals surface area contributed by atoms with Crippen molar-refractivity contribution in [3.8, 4) is 0 Å². The average molecular weight is 308 g/mol. The van der Waals surface area contributed by atoms with Gasteiger partial charge in [0.25, 0.3) is 0 Å². The van der Waals surface area contributed by atoms with Gasteiger partial charge >= 0.3 is 12.0 Å². The molecule has 0 aliphatic heterocycles. The molecule has 1 aromatic carbocycles. The van der Waals surface area contributed by atoms with Gasteiger partial charge in [-0.3, -0.25) is 0 Å². The van der Waals surface area contributed by atoms with Crippen LogP contribution in [0.3, 0.4) is 0 Å². The van der Waals surface area contributed by atoms with E-state index in [4.69, 9.17) is 5.11 Å². The van der Waals surface area contributed by atoms with E-state index in [1.807, 2.05) is 5.32 Å². The molecule has 1 aromatic rings. The maximum Gasteiger partial charge on any atom is 0.329 e. The van der Waals surface area contributed by atoms with Crippen molar-refractivity contribution in [2.45, 2.75) is 25.8 Å². The lowest BCUT2D eigenvalue weighted by atomic mass is 10.00. The number of carboxylic acids is 1. The summed E-state index contributed by atoms with van der Waals surface area (Å²) >= 11 is 0. The van der Waals surface area contributed by atoms with E-state index in [0.29, 0.717) is 0 Å². The number of carbonyl (C=O) groups excluding carboxylic acids is 1. The second-order valence-corrected chi connectivity index (χ2v) is 4.41. The Morgan fingerprint density at radius 2 is 1.67 bits per heavy atom. The van der Waals surface area contributed by atoms with Gasteiger partial charge in [-0.05, 0) is 13.3 Å². The van der Waals surface area contributed by atoms with Gasteiger partial charge in [0.15, 0.2) is 23.3 Å². The number of rotatable bonds is 4. The summed E-state index contributed by atoms with van der Waals surface area (Å²) < 4.78 is 52.6. The Balaban J connectivity index is 3.03. The largest absolute Gasteiger partial charge is 0.480 e. The van der Waals surface area contributed by atoms with Crippen molar-refractivity contribution in [2.75, 3.05) is 5.32 Å². The molecule has 116 valence electrons. The fourth-order valence-corrected chi connectivity index (χ4v) is 1.37. The van der Waals surface area contributed by atoms with Gasteiger partial charge in [0, 0.05) is 6.07 Å². The molecule has 1 rings (SSSR count). The second-order valence-electron chi connectivity index (χ2n) is 4.41. The highest BCUT2D eigenvalue weighted by atomic mass is 19.2. The summed E-state index contributed by atoms with van der Waals surface area (Å²) in [4.78, 5) is 22.5. The van der Waals surface area contributed by atoms with Crippen molar-refractivity contribution in [1.82, 2.24) is 5.32 Å². The van der Waals surface area contributed by atoms with Crippen LogP contribution in [0, 0.1) is 23.3 Å².